The van der Waals surface area contributed by atoms with Gasteiger partial charge >= 0.3 is 0 Å². The number of rotatable bonds is 7. The minimum atomic E-state index is -0.490. The van der Waals surface area contributed by atoms with Crippen LogP contribution in [0.1, 0.15) is 32.3 Å². The maximum atomic E-state index is 13.1. The number of nitrogens with one attached hydrogen (secondary N) is 1. The number of carbonyl (C=O) groups is 1. The molecule has 0 aliphatic carbocycles. The SMILES string of the molecule is CCCC(O)CNC(=O)C(C)Cc1ccc(F)c(Br)c1. The number of benzene rings is 1. The monoisotopic (exact) mass is 345 g/mol. The Kier molecular flexibility index (Phi) is 7.16. The third kappa shape index (κ3) is 5.59. The van der Waals surface area contributed by atoms with E-state index in [2.05, 4.69) is 21.2 Å². The Hall–Kier alpha value is -0.940. The molecule has 1 aromatic carbocycles. The summed E-state index contributed by atoms with van der Waals surface area (Å²) < 4.78 is 13.5. The van der Waals surface area contributed by atoms with Crippen LogP contribution in [-0.4, -0.2) is 23.7 Å². The van der Waals surface area contributed by atoms with Gasteiger partial charge in [-0.05, 0) is 46.5 Å². The number of hydrogen-bond acceptors (Lipinski definition) is 2. The molecule has 1 amide bonds. The van der Waals surface area contributed by atoms with E-state index in [4.69, 9.17) is 0 Å². The van der Waals surface area contributed by atoms with E-state index in [9.17, 15) is 14.3 Å². The van der Waals surface area contributed by atoms with Crippen LogP contribution in [0.5, 0.6) is 0 Å². The summed E-state index contributed by atoms with van der Waals surface area (Å²) in [6.07, 6.45) is 1.61. The molecule has 0 heterocycles. The van der Waals surface area contributed by atoms with Crippen molar-refractivity contribution in [2.75, 3.05) is 6.54 Å². The fourth-order valence-corrected chi connectivity index (χ4v) is 2.37. The summed E-state index contributed by atoms with van der Waals surface area (Å²) in [5.41, 5.74) is 0.898. The van der Waals surface area contributed by atoms with Gasteiger partial charge in [0.15, 0.2) is 0 Å². The van der Waals surface area contributed by atoms with Crippen LogP contribution in [0.4, 0.5) is 4.39 Å². The zero-order valence-corrected chi connectivity index (χ0v) is 13.4. The highest BCUT2D eigenvalue weighted by atomic mass is 79.9. The van der Waals surface area contributed by atoms with Gasteiger partial charge in [-0.15, -0.1) is 0 Å². The summed E-state index contributed by atoms with van der Waals surface area (Å²) in [7, 11) is 0. The molecule has 0 saturated heterocycles. The van der Waals surface area contributed by atoms with Crippen molar-refractivity contribution in [2.45, 2.75) is 39.2 Å². The normalized spacial score (nSPS) is 13.8. The Morgan fingerprint density at radius 1 is 1.50 bits per heavy atom. The molecule has 112 valence electrons. The Labute approximate surface area is 127 Å². The molecule has 2 unspecified atom stereocenters. The van der Waals surface area contributed by atoms with Crippen molar-refractivity contribution in [3.05, 3.63) is 34.1 Å². The fraction of sp³-hybridized carbons (Fsp3) is 0.533. The van der Waals surface area contributed by atoms with Crippen LogP contribution in [0.25, 0.3) is 0 Å². The second-order valence-electron chi connectivity index (χ2n) is 5.04. The van der Waals surface area contributed by atoms with Gasteiger partial charge in [0.1, 0.15) is 5.82 Å². The number of aliphatic hydroxyl groups excluding tert-OH is 1. The second-order valence-corrected chi connectivity index (χ2v) is 5.90. The number of carbonyl (C=O) groups excluding carboxylic acids is 1. The van der Waals surface area contributed by atoms with Crippen molar-refractivity contribution in [3.63, 3.8) is 0 Å². The Morgan fingerprint density at radius 2 is 2.20 bits per heavy atom. The summed E-state index contributed by atoms with van der Waals surface area (Å²) in [6.45, 7) is 4.09. The standard InChI is InChI=1S/C15H21BrFNO2/c1-3-4-12(19)9-18-15(20)10(2)7-11-5-6-14(17)13(16)8-11/h5-6,8,10,12,19H,3-4,7,9H2,1-2H3,(H,18,20). The molecule has 5 heteroatoms. The van der Waals surface area contributed by atoms with E-state index in [1.807, 2.05) is 13.8 Å². The first-order valence-electron chi connectivity index (χ1n) is 6.83. The van der Waals surface area contributed by atoms with Gasteiger partial charge in [-0.25, -0.2) is 4.39 Å². The van der Waals surface area contributed by atoms with E-state index in [-0.39, 0.29) is 24.2 Å². The number of halogens is 2. The number of hydrogen-bond donors (Lipinski definition) is 2. The molecule has 2 N–H and O–H groups in total. The van der Waals surface area contributed by atoms with Crippen molar-refractivity contribution < 1.29 is 14.3 Å². The summed E-state index contributed by atoms with van der Waals surface area (Å²) in [4.78, 5) is 11.9. The van der Waals surface area contributed by atoms with Gasteiger partial charge in [-0.3, -0.25) is 4.79 Å². The minimum absolute atomic E-state index is 0.0967. The lowest BCUT2D eigenvalue weighted by Crippen LogP contribution is -2.36. The van der Waals surface area contributed by atoms with Crippen LogP contribution in [-0.2, 0) is 11.2 Å². The molecule has 0 fully saturated rings. The highest BCUT2D eigenvalue weighted by Crippen LogP contribution is 2.19. The van der Waals surface area contributed by atoms with Crippen LogP contribution < -0.4 is 5.32 Å². The molecule has 0 aliphatic rings. The van der Waals surface area contributed by atoms with Crippen molar-refractivity contribution >= 4 is 21.8 Å². The predicted octanol–water partition coefficient (Wildman–Crippen LogP) is 3.04. The van der Waals surface area contributed by atoms with E-state index >= 15 is 0 Å². The van der Waals surface area contributed by atoms with E-state index < -0.39 is 6.10 Å². The molecule has 3 nitrogen and oxygen atoms in total. The van der Waals surface area contributed by atoms with Crippen molar-refractivity contribution in [3.8, 4) is 0 Å². The lowest BCUT2D eigenvalue weighted by atomic mass is 10.0. The van der Waals surface area contributed by atoms with Crippen LogP contribution in [0.2, 0.25) is 0 Å². The topological polar surface area (TPSA) is 49.3 Å². The first-order valence-corrected chi connectivity index (χ1v) is 7.63. The van der Waals surface area contributed by atoms with Crippen molar-refractivity contribution in [1.29, 1.82) is 0 Å². The molecule has 0 spiro atoms. The molecule has 0 aromatic heterocycles. The summed E-state index contributed by atoms with van der Waals surface area (Å²) in [5.74, 6) is -0.629. The molecule has 0 bridgehead atoms. The molecule has 20 heavy (non-hydrogen) atoms. The lowest BCUT2D eigenvalue weighted by Gasteiger charge is -2.15. The van der Waals surface area contributed by atoms with Gasteiger partial charge in [-0.1, -0.05) is 26.3 Å². The van der Waals surface area contributed by atoms with Crippen LogP contribution in [0.3, 0.4) is 0 Å². The Balaban J connectivity index is 2.46. The molecule has 0 saturated carbocycles. The zero-order valence-electron chi connectivity index (χ0n) is 11.8. The van der Waals surface area contributed by atoms with E-state index in [1.54, 1.807) is 12.1 Å². The maximum absolute atomic E-state index is 13.1. The largest absolute Gasteiger partial charge is 0.391 e. The minimum Gasteiger partial charge on any atom is -0.391 e. The predicted molar refractivity (Wildman–Crippen MR) is 80.9 cm³/mol. The molecule has 0 radical (unpaired) electrons. The second kappa shape index (κ2) is 8.37. The van der Waals surface area contributed by atoms with Gasteiger partial charge in [0.2, 0.25) is 5.91 Å². The molecule has 2 atom stereocenters. The summed E-state index contributed by atoms with van der Waals surface area (Å²) in [5, 5.41) is 12.3. The number of amides is 1. The smallest absolute Gasteiger partial charge is 0.223 e. The van der Waals surface area contributed by atoms with Gasteiger partial charge < -0.3 is 10.4 Å². The van der Waals surface area contributed by atoms with Crippen LogP contribution >= 0.6 is 15.9 Å². The van der Waals surface area contributed by atoms with E-state index in [0.717, 1.165) is 12.0 Å². The average molecular weight is 346 g/mol. The first-order chi connectivity index (χ1) is 9.43. The lowest BCUT2D eigenvalue weighted by molar-refractivity contribution is -0.124. The third-order valence-electron chi connectivity index (χ3n) is 3.11. The summed E-state index contributed by atoms with van der Waals surface area (Å²) in [6, 6.07) is 4.75. The van der Waals surface area contributed by atoms with Gasteiger partial charge in [0.05, 0.1) is 10.6 Å². The fourth-order valence-electron chi connectivity index (χ4n) is 1.94. The Morgan fingerprint density at radius 3 is 2.80 bits per heavy atom. The van der Waals surface area contributed by atoms with Crippen molar-refractivity contribution in [2.24, 2.45) is 5.92 Å². The molecule has 0 aliphatic heterocycles. The van der Waals surface area contributed by atoms with Crippen LogP contribution in [0, 0.1) is 11.7 Å². The third-order valence-corrected chi connectivity index (χ3v) is 3.72. The van der Waals surface area contributed by atoms with Gasteiger partial charge in [0, 0.05) is 12.5 Å². The number of aliphatic hydroxyl groups is 1. The van der Waals surface area contributed by atoms with Gasteiger partial charge in [-0.2, -0.15) is 0 Å². The molecule has 1 rings (SSSR count). The highest BCUT2D eigenvalue weighted by molar-refractivity contribution is 9.10. The quantitative estimate of drug-likeness (QED) is 0.797. The van der Waals surface area contributed by atoms with Gasteiger partial charge in [0.25, 0.3) is 0 Å². The maximum Gasteiger partial charge on any atom is 0.223 e. The average Bonchev–Trinajstić information content (AvgIpc) is 2.40. The molecule has 1 aromatic rings. The van der Waals surface area contributed by atoms with E-state index in [0.29, 0.717) is 17.3 Å². The van der Waals surface area contributed by atoms with E-state index in [1.165, 1.54) is 6.07 Å². The first kappa shape index (κ1) is 17.1. The van der Waals surface area contributed by atoms with Crippen LogP contribution in [0.15, 0.2) is 22.7 Å². The highest BCUT2D eigenvalue weighted by Gasteiger charge is 2.15. The zero-order chi connectivity index (χ0) is 15.1. The Bertz CT molecular complexity index is 453. The van der Waals surface area contributed by atoms with Crippen molar-refractivity contribution in [1.82, 2.24) is 5.32 Å². The molecular weight excluding hydrogens is 325 g/mol. The molecular formula is C15H21BrFNO2. The summed E-state index contributed by atoms with van der Waals surface area (Å²) >= 11 is 3.13.